The average Bonchev–Trinajstić information content (AvgIpc) is 2.82. The van der Waals surface area contributed by atoms with E-state index in [1.807, 2.05) is 0 Å². The van der Waals surface area contributed by atoms with Gasteiger partial charge in [-0.1, -0.05) is 5.16 Å². The summed E-state index contributed by atoms with van der Waals surface area (Å²) >= 11 is 0. The average molecular weight is 218 g/mol. The molecule has 4 N–H and O–H groups in total. The van der Waals surface area contributed by atoms with Crippen LogP contribution in [0.25, 0.3) is 0 Å². The van der Waals surface area contributed by atoms with Crippen LogP contribution < -0.4 is 16.6 Å². The molecular formula is C10H10N4O2. The number of amides is 1. The normalized spacial score (nSPS) is 9.81. The summed E-state index contributed by atoms with van der Waals surface area (Å²) in [5, 5.41) is 6.11. The van der Waals surface area contributed by atoms with Gasteiger partial charge in [0.05, 0.1) is 6.20 Å². The molecule has 6 heteroatoms. The molecule has 0 bridgehead atoms. The second kappa shape index (κ2) is 4.45. The molecule has 1 amide bonds. The van der Waals surface area contributed by atoms with E-state index in [9.17, 15) is 4.79 Å². The van der Waals surface area contributed by atoms with E-state index in [1.165, 1.54) is 12.5 Å². The summed E-state index contributed by atoms with van der Waals surface area (Å²) in [7, 11) is 0. The van der Waals surface area contributed by atoms with Crippen molar-refractivity contribution in [2.24, 2.45) is 5.84 Å². The zero-order valence-electron chi connectivity index (χ0n) is 8.31. The quantitative estimate of drug-likeness (QED) is 0.532. The van der Waals surface area contributed by atoms with Gasteiger partial charge in [-0.3, -0.25) is 10.6 Å². The van der Waals surface area contributed by atoms with E-state index in [0.29, 0.717) is 11.3 Å². The molecule has 6 nitrogen and oxygen atoms in total. The summed E-state index contributed by atoms with van der Waals surface area (Å²) in [6, 6.07) is 6.75. The third kappa shape index (κ3) is 2.18. The number of hydrogen-bond donors (Lipinski definition) is 3. The van der Waals surface area contributed by atoms with Gasteiger partial charge in [-0.05, 0) is 24.3 Å². The molecule has 1 heterocycles. The Hall–Kier alpha value is -2.34. The summed E-state index contributed by atoms with van der Waals surface area (Å²) in [5.74, 6) is 4.98. The van der Waals surface area contributed by atoms with Crippen LogP contribution in [-0.2, 0) is 0 Å². The topological polar surface area (TPSA) is 93.2 Å². The highest BCUT2D eigenvalue weighted by molar-refractivity contribution is 6.04. The number of benzene rings is 1. The van der Waals surface area contributed by atoms with Crippen molar-refractivity contribution in [2.75, 3.05) is 10.7 Å². The van der Waals surface area contributed by atoms with Crippen LogP contribution in [0.1, 0.15) is 10.4 Å². The molecule has 0 aliphatic heterocycles. The Kier molecular flexibility index (Phi) is 2.84. The van der Waals surface area contributed by atoms with Crippen LogP contribution in [0.3, 0.4) is 0 Å². The highest BCUT2D eigenvalue weighted by Crippen LogP contribution is 2.11. The smallest absolute Gasteiger partial charge is 0.255 e. The molecule has 0 unspecified atom stereocenters. The second-order valence-corrected chi connectivity index (χ2v) is 3.09. The lowest BCUT2D eigenvalue weighted by molar-refractivity contribution is 0.102. The molecule has 82 valence electrons. The number of nitrogens with two attached hydrogens (primary N) is 1. The summed E-state index contributed by atoms with van der Waals surface area (Å²) in [6.45, 7) is 0. The Labute approximate surface area is 91.4 Å². The summed E-state index contributed by atoms with van der Waals surface area (Å²) < 4.78 is 4.60. The summed E-state index contributed by atoms with van der Waals surface area (Å²) in [4.78, 5) is 11.7. The Morgan fingerprint density at radius 2 is 2.00 bits per heavy atom. The number of nitrogens with zero attached hydrogens (tertiary/aromatic N) is 1. The van der Waals surface area contributed by atoms with E-state index in [0.717, 1.165) is 5.69 Å². The van der Waals surface area contributed by atoms with E-state index < -0.39 is 0 Å². The molecule has 0 atom stereocenters. The Balaban J connectivity index is 2.09. The molecule has 16 heavy (non-hydrogen) atoms. The number of aromatic nitrogens is 1. The molecule has 0 spiro atoms. The third-order valence-corrected chi connectivity index (χ3v) is 2.00. The Morgan fingerprint density at radius 3 is 2.56 bits per heavy atom. The highest BCUT2D eigenvalue weighted by Gasteiger charge is 2.06. The van der Waals surface area contributed by atoms with Crippen molar-refractivity contribution >= 4 is 17.3 Å². The molecule has 0 aliphatic carbocycles. The van der Waals surface area contributed by atoms with Gasteiger partial charge in [-0.25, -0.2) is 0 Å². The van der Waals surface area contributed by atoms with Crippen molar-refractivity contribution in [1.82, 2.24) is 5.16 Å². The first-order chi connectivity index (χ1) is 7.79. The maximum Gasteiger partial charge on any atom is 0.255 e. The SMILES string of the molecule is NNc1ccc(C(=O)Nc2cnoc2)cc1. The standard InChI is InChI=1S/C10H10N4O2/c11-14-8-3-1-7(2-4-8)10(15)13-9-5-12-16-6-9/h1-6,14H,11H2,(H,13,15). The van der Waals surface area contributed by atoms with E-state index >= 15 is 0 Å². The highest BCUT2D eigenvalue weighted by atomic mass is 16.5. The minimum atomic E-state index is -0.230. The molecule has 2 rings (SSSR count). The Morgan fingerprint density at radius 1 is 1.25 bits per heavy atom. The van der Waals surface area contributed by atoms with Gasteiger partial charge in [-0.2, -0.15) is 0 Å². The number of nitrogen functional groups attached to an aromatic ring is 1. The van der Waals surface area contributed by atoms with Crippen LogP contribution in [0.15, 0.2) is 41.2 Å². The van der Waals surface area contributed by atoms with Gasteiger partial charge < -0.3 is 15.3 Å². The molecule has 0 fully saturated rings. The minimum absolute atomic E-state index is 0.230. The van der Waals surface area contributed by atoms with Crippen molar-refractivity contribution in [2.45, 2.75) is 0 Å². The molecular weight excluding hydrogens is 208 g/mol. The summed E-state index contributed by atoms with van der Waals surface area (Å²) in [6.07, 6.45) is 2.78. The largest absolute Gasteiger partial charge is 0.363 e. The molecule has 0 saturated carbocycles. The number of hydrogen-bond acceptors (Lipinski definition) is 5. The van der Waals surface area contributed by atoms with Crippen LogP contribution in [-0.4, -0.2) is 11.1 Å². The maximum absolute atomic E-state index is 11.7. The second-order valence-electron chi connectivity index (χ2n) is 3.09. The lowest BCUT2D eigenvalue weighted by Crippen LogP contribution is -2.12. The monoisotopic (exact) mass is 218 g/mol. The fourth-order valence-electron chi connectivity index (χ4n) is 1.19. The van der Waals surface area contributed by atoms with E-state index in [-0.39, 0.29) is 5.91 Å². The predicted octanol–water partition coefficient (Wildman–Crippen LogP) is 1.21. The van der Waals surface area contributed by atoms with Crippen LogP contribution >= 0.6 is 0 Å². The van der Waals surface area contributed by atoms with Crippen molar-refractivity contribution in [3.63, 3.8) is 0 Å². The van der Waals surface area contributed by atoms with Crippen molar-refractivity contribution in [3.8, 4) is 0 Å². The predicted molar refractivity (Wildman–Crippen MR) is 58.7 cm³/mol. The zero-order valence-corrected chi connectivity index (χ0v) is 8.31. The van der Waals surface area contributed by atoms with Gasteiger partial charge in [-0.15, -0.1) is 0 Å². The van der Waals surface area contributed by atoms with E-state index in [1.54, 1.807) is 24.3 Å². The van der Waals surface area contributed by atoms with Gasteiger partial charge in [0.15, 0.2) is 0 Å². The van der Waals surface area contributed by atoms with Gasteiger partial charge in [0.1, 0.15) is 12.0 Å². The fourth-order valence-corrected chi connectivity index (χ4v) is 1.19. The van der Waals surface area contributed by atoms with Crippen molar-refractivity contribution in [1.29, 1.82) is 0 Å². The van der Waals surface area contributed by atoms with Gasteiger partial charge in [0.25, 0.3) is 5.91 Å². The maximum atomic E-state index is 11.7. The zero-order chi connectivity index (χ0) is 11.4. The number of carbonyl (C=O) groups excluding carboxylic acids is 1. The lowest BCUT2D eigenvalue weighted by Gasteiger charge is -2.03. The van der Waals surface area contributed by atoms with E-state index in [2.05, 4.69) is 20.4 Å². The van der Waals surface area contributed by atoms with Crippen LogP contribution in [0.5, 0.6) is 0 Å². The van der Waals surface area contributed by atoms with Crippen LogP contribution in [0.4, 0.5) is 11.4 Å². The van der Waals surface area contributed by atoms with Gasteiger partial charge in [0, 0.05) is 11.3 Å². The van der Waals surface area contributed by atoms with Crippen molar-refractivity contribution < 1.29 is 9.32 Å². The van der Waals surface area contributed by atoms with E-state index in [4.69, 9.17) is 5.84 Å². The number of carbonyl (C=O) groups is 1. The first-order valence-electron chi connectivity index (χ1n) is 4.57. The van der Waals surface area contributed by atoms with Gasteiger partial charge in [0.2, 0.25) is 0 Å². The number of rotatable bonds is 3. The van der Waals surface area contributed by atoms with Gasteiger partial charge >= 0.3 is 0 Å². The fraction of sp³-hybridized carbons (Fsp3) is 0. The molecule has 1 aromatic heterocycles. The molecule has 0 saturated heterocycles. The van der Waals surface area contributed by atoms with Crippen molar-refractivity contribution in [3.05, 3.63) is 42.3 Å². The number of anilines is 2. The third-order valence-electron chi connectivity index (χ3n) is 2.00. The first-order valence-corrected chi connectivity index (χ1v) is 4.57. The van der Waals surface area contributed by atoms with Crippen LogP contribution in [0, 0.1) is 0 Å². The van der Waals surface area contributed by atoms with Crippen LogP contribution in [0.2, 0.25) is 0 Å². The Bertz CT molecular complexity index is 464. The molecule has 0 aliphatic rings. The first kappa shape index (κ1) is 10.2. The summed E-state index contributed by atoms with van der Waals surface area (Å²) in [5.41, 5.74) is 4.27. The minimum Gasteiger partial charge on any atom is -0.363 e. The molecule has 0 radical (unpaired) electrons. The lowest BCUT2D eigenvalue weighted by atomic mass is 10.2. The molecule has 1 aromatic carbocycles. The number of nitrogens with one attached hydrogen (secondary N) is 2. The number of hydrazine groups is 1. The molecule has 2 aromatic rings.